The molecule has 5 heteroatoms. The normalized spacial score (nSPS) is 9.85. The Hall–Kier alpha value is -2.74. The van der Waals surface area contributed by atoms with E-state index in [2.05, 4.69) is 0 Å². The van der Waals surface area contributed by atoms with Gasteiger partial charge in [-0.15, -0.1) is 0 Å². The smallest absolute Gasteiger partial charge is 0.338 e. The van der Waals surface area contributed by atoms with Crippen molar-refractivity contribution in [2.75, 3.05) is 0 Å². The molecule has 0 heterocycles. The monoisotopic (exact) mass is 273 g/mol. The Bertz CT molecular complexity index is 693. The first-order valence-electron chi connectivity index (χ1n) is 5.72. The topological polar surface area (TPSA) is 50.1 Å². The quantitative estimate of drug-likeness (QED) is 0.807. The minimum absolute atomic E-state index is 0.0849. The lowest BCUT2D eigenvalue weighted by Gasteiger charge is -2.06. The number of rotatable bonds is 3. The zero-order valence-corrected chi connectivity index (χ0v) is 10.3. The summed E-state index contributed by atoms with van der Waals surface area (Å²) in [6.45, 7) is -0.110. The molecule has 0 N–H and O–H groups in total. The van der Waals surface area contributed by atoms with E-state index in [4.69, 9.17) is 10.00 Å². The summed E-state index contributed by atoms with van der Waals surface area (Å²) in [4.78, 5) is 11.7. The third-order valence-electron chi connectivity index (χ3n) is 2.65. The van der Waals surface area contributed by atoms with Crippen LogP contribution in [0.2, 0.25) is 0 Å². The van der Waals surface area contributed by atoms with Crippen molar-refractivity contribution < 1.29 is 18.3 Å². The summed E-state index contributed by atoms with van der Waals surface area (Å²) in [6.07, 6.45) is 0. The molecule has 0 amide bonds. The summed E-state index contributed by atoms with van der Waals surface area (Å²) in [5.41, 5.74) is 0.856. The molecule has 0 saturated heterocycles. The van der Waals surface area contributed by atoms with E-state index in [1.807, 2.05) is 6.07 Å². The molecule has 2 aromatic carbocycles. The molecule has 20 heavy (non-hydrogen) atoms. The van der Waals surface area contributed by atoms with Gasteiger partial charge in [0.1, 0.15) is 6.61 Å². The third kappa shape index (κ3) is 2.98. The van der Waals surface area contributed by atoms with Crippen molar-refractivity contribution in [3.63, 3.8) is 0 Å². The average molecular weight is 273 g/mol. The number of carbonyl (C=O) groups excluding carboxylic acids is 1. The summed E-state index contributed by atoms with van der Waals surface area (Å²) in [5.74, 6) is -2.93. The van der Waals surface area contributed by atoms with E-state index in [-0.39, 0.29) is 12.2 Å². The van der Waals surface area contributed by atoms with Crippen LogP contribution in [0.1, 0.15) is 21.5 Å². The molecule has 0 aliphatic heterocycles. The Labute approximate surface area is 114 Å². The van der Waals surface area contributed by atoms with E-state index in [0.717, 1.165) is 18.2 Å². The van der Waals surface area contributed by atoms with Gasteiger partial charge in [-0.05, 0) is 24.3 Å². The van der Waals surface area contributed by atoms with Crippen LogP contribution in [0.3, 0.4) is 0 Å². The Morgan fingerprint density at radius 1 is 1.15 bits per heavy atom. The Morgan fingerprint density at radius 2 is 1.90 bits per heavy atom. The summed E-state index contributed by atoms with van der Waals surface area (Å²) in [6, 6.07) is 11.4. The maximum absolute atomic E-state index is 13.0. The van der Waals surface area contributed by atoms with Gasteiger partial charge in [0.2, 0.25) is 0 Å². The van der Waals surface area contributed by atoms with Crippen LogP contribution in [-0.4, -0.2) is 5.97 Å². The third-order valence-corrected chi connectivity index (χ3v) is 2.65. The first kappa shape index (κ1) is 13.7. The zero-order valence-electron chi connectivity index (χ0n) is 10.3. The van der Waals surface area contributed by atoms with Crippen molar-refractivity contribution in [1.29, 1.82) is 5.26 Å². The Morgan fingerprint density at radius 3 is 2.60 bits per heavy atom. The van der Waals surface area contributed by atoms with E-state index in [1.54, 1.807) is 24.3 Å². The molecule has 0 fully saturated rings. The highest BCUT2D eigenvalue weighted by Crippen LogP contribution is 2.13. The number of esters is 1. The number of ether oxygens (including phenoxy) is 1. The van der Waals surface area contributed by atoms with Crippen LogP contribution in [0.4, 0.5) is 8.78 Å². The van der Waals surface area contributed by atoms with Gasteiger partial charge in [0.25, 0.3) is 0 Å². The lowest BCUT2D eigenvalue weighted by atomic mass is 10.1. The summed E-state index contributed by atoms with van der Waals surface area (Å²) in [5, 5.41) is 8.89. The van der Waals surface area contributed by atoms with Crippen molar-refractivity contribution in [3.05, 3.63) is 70.8 Å². The maximum Gasteiger partial charge on any atom is 0.338 e. The second-order valence-corrected chi connectivity index (χ2v) is 3.97. The van der Waals surface area contributed by atoms with Gasteiger partial charge in [0, 0.05) is 5.56 Å². The van der Waals surface area contributed by atoms with Gasteiger partial charge >= 0.3 is 5.97 Å². The summed E-state index contributed by atoms with van der Waals surface area (Å²) < 4.78 is 30.7. The van der Waals surface area contributed by atoms with Crippen molar-refractivity contribution in [3.8, 4) is 6.07 Å². The molecule has 0 spiro atoms. The molecular formula is C15H9F2NO2. The highest BCUT2D eigenvalue weighted by molar-refractivity contribution is 5.89. The molecule has 3 nitrogen and oxygen atoms in total. The molecule has 100 valence electrons. The Balaban J connectivity index is 2.09. The molecule has 0 bridgehead atoms. The molecule has 0 atom stereocenters. The van der Waals surface area contributed by atoms with E-state index in [9.17, 15) is 13.6 Å². The van der Waals surface area contributed by atoms with Crippen molar-refractivity contribution in [2.45, 2.75) is 6.61 Å². The van der Waals surface area contributed by atoms with Crippen molar-refractivity contribution in [1.82, 2.24) is 0 Å². The van der Waals surface area contributed by atoms with Gasteiger partial charge < -0.3 is 4.74 Å². The van der Waals surface area contributed by atoms with Crippen LogP contribution in [-0.2, 0) is 11.3 Å². The SMILES string of the molecule is N#Cc1ccccc1COC(=O)c1ccc(F)c(F)c1. The molecule has 0 aliphatic rings. The first-order valence-corrected chi connectivity index (χ1v) is 5.72. The van der Waals surface area contributed by atoms with Gasteiger partial charge in [0.05, 0.1) is 17.2 Å². The molecule has 0 aliphatic carbocycles. The van der Waals surface area contributed by atoms with E-state index in [1.165, 1.54) is 0 Å². The van der Waals surface area contributed by atoms with E-state index >= 15 is 0 Å². The van der Waals surface area contributed by atoms with Crippen LogP contribution in [0.25, 0.3) is 0 Å². The molecule has 2 rings (SSSR count). The van der Waals surface area contributed by atoms with Gasteiger partial charge in [-0.1, -0.05) is 18.2 Å². The van der Waals surface area contributed by atoms with Crippen molar-refractivity contribution in [2.24, 2.45) is 0 Å². The number of nitriles is 1. The van der Waals surface area contributed by atoms with Gasteiger partial charge in [-0.25, -0.2) is 13.6 Å². The molecular weight excluding hydrogens is 264 g/mol. The van der Waals surface area contributed by atoms with Gasteiger partial charge in [0.15, 0.2) is 11.6 Å². The van der Waals surface area contributed by atoms with Crippen LogP contribution in [0.15, 0.2) is 42.5 Å². The second kappa shape index (κ2) is 5.93. The van der Waals surface area contributed by atoms with Crippen LogP contribution in [0, 0.1) is 23.0 Å². The van der Waals surface area contributed by atoms with Crippen LogP contribution >= 0.6 is 0 Å². The summed E-state index contributed by atoms with van der Waals surface area (Å²) >= 11 is 0. The number of halogens is 2. The van der Waals surface area contributed by atoms with Crippen molar-refractivity contribution >= 4 is 5.97 Å². The lowest BCUT2D eigenvalue weighted by Crippen LogP contribution is -2.07. The van der Waals surface area contributed by atoms with Gasteiger partial charge in [-0.3, -0.25) is 0 Å². The number of nitrogens with zero attached hydrogens (tertiary/aromatic N) is 1. The lowest BCUT2D eigenvalue weighted by molar-refractivity contribution is 0.0472. The molecule has 0 aromatic heterocycles. The minimum atomic E-state index is -1.11. The second-order valence-electron chi connectivity index (χ2n) is 3.97. The predicted molar refractivity (Wildman–Crippen MR) is 66.6 cm³/mol. The fraction of sp³-hybridized carbons (Fsp3) is 0.0667. The molecule has 0 unspecified atom stereocenters. The fourth-order valence-corrected chi connectivity index (χ4v) is 1.60. The van der Waals surface area contributed by atoms with Crippen LogP contribution in [0.5, 0.6) is 0 Å². The first-order chi connectivity index (χ1) is 9.61. The Kier molecular flexibility index (Phi) is 4.06. The standard InChI is InChI=1S/C15H9F2NO2/c16-13-6-5-10(7-14(13)17)15(19)20-9-12-4-2-1-3-11(12)8-18/h1-7H,9H2. The highest BCUT2D eigenvalue weighted by Gasteiger charge is 2.12. The minimum Gasteiger partial charge on any atom is -0.457 e. The van der Waals surface area contributed by atoms with Gasteiger partial charge in [-0.2, -0.15) is 5.26 Å². The number of hydrogen-bond acceptors (Lipinski definition) is 3. The van der Waals surface area contributed by atoms with E-state index in [0.29, 0.717) is 11.1 Å². The van der Waals surface area contributed by atoms with Crippen LogP contribution < -0.4 is 0 Å². The fourth-order valence-electron chi connectivity index (χ4n) is 1.60. The molecule has 2 aromatic rings. The highest BCUT2D eigenvalue weighted by atomic mass is 19.2. The van der Waals surface area contributed by atoms with E-state index < -0.39 is 17.6 Å². The average Bonchev–Trinajstić information content (AvgIpc) is 2.47. The summed E-state index contributed by atoms with van der Waals surface area (Å²) in [7, 11) is 0. The molecule has 0 radical (unpaired) electrons. The zero-order chi connectivity index (χ0) is 14.5. The number of carbonyl (C=O) groups is 1. The predicted octanol–water partition coefficient (Wildman–Crippen LogP) is 3.19. The molecule has 0 saturated carbocycles. The number of hydrogen-bond donors (Lipinski definition) is 0. The largest absolute Gasteiger partial charge is 0.457 e. The maximum atomic E-state index is 13.0. The number of benzene rings is 2.